The molecule has 0 unspecified atom stereocenters. The standard InChI is InChI=1S/C7H12NO/c8-5-7(9)4-3-6-1-2-6/h3,6H,1-2,4-5,8H2. The zero-order valence-electron chi connectivity index (χ0n) is 5.47. The first-order valence-electron chi connectivity index (χ1n) is 3.38. The Hall–Kier alpha value is -0.370. The Bertz CT molecular complexity index is 107. The van der Waals surface area contributed by atoms with Gasteiger partial charge in [-0.1, -0.05) is 0 Å². The number of nitrogens with two attached hydrogens (primary N) is 1. The Balaban J connectivity index is 1.96. The summed E-state index contributed by atoms with van der Waals surface area (Å²) in [5, 5.41) is 0. The molecule has 0 aromatic heterocycles. The molecule has 0 aromatic rings. The van der Waals surface area contributed by atoms with Crippen LogP contribution in [0.4, 0.5) is 0 Å². The molecule has 51 valence electrons. The van der Waals surface area contributed by atoms with Gasteiger partial charge in [0.2, 0.25) is 0 Å². The van der Waals surface area contributed by atoms with Gasteiger partial charge in [0.25, 0.3) is 0 Å². The van der Waals surface area contributed by atoms with Crippen LogP contribution in [0.2, 0.25) is 0 Å². The summed E-state index contributed by atoms with van der Waals surface area (Å²) in [5.74, 6) is 0.891. The van der Waals surface area contributed by atoms with Gasteiger partial charge in [0.1, 0.15) is 5.78 Å². The number of ketones is 1. The smallest absolute Gasteiger partial charge is 0.146 e. The molecule has 0 atom stereocenters. The van der Waals surface area contributed by atoms with Crippen LogP contribution in [0.5, 0.6) is 0 Å². The molecule has 1 rings (SSSR count). The maximum atomic E-state index is 10.6. The Kier molecular flexibility index (Phi) is 2.22. The molecule has 2 heteroatoms. The molecular weight excluding hydrogens is 114 g/mol. The van der Waals surface area contributed by atoms with E-state index in [9.17, 15) is 4.79 Å². The van der Waals surface area contributed by atoms with Crippen molar-refractivity contribution in [1.82, 2.24) is 0 Å². The molecule has 2 N–H and O–H groups in total. The molecular formula is C7H12NO. The number of hydrogen-bond acceptors (Lipinski definition) is 2. The highest BCUT2D eigenvalue weighted by Gasteiger charge is 2.21. The fourth-order valence-electron chi connectivity index (χ4n) is 0.713. The first kappa shape index (κ1) is 6.75. The third-order valence-corrected chi connectivity index (χ3v) is 1.53. The number of carbonyl (C=O) groups excluding carboxylic acids is 1. The summed E-state index contributed by atoms with van der Waals surface area (Å²) >= 11 is 0. The van der Waals surface area contributed by atoms with Gasteiger partial charge in [0, 0.05) is 6.42 Å². The molecule has 0 aromatic carbocycles. The number of hydrogen-bond donors (Lipinski definition) is 1. The largest absolute Gasteiger partial charge is 0.324 e. The van der Waals surface area contributed by atoms with Crippen LogP contribution in [0.25, 0.3) is 0 Å². The average Bonchev–Trinajstić information content (AvgIpc) is 2.65. The van der Waals surface area contributed by atoms with Gasteiger partial charge in [0.15, 0.2) is 0 Å². The van der Waals surface area contributed by atoms with Gasteiger partial charge in [-0.15, -0.1) is 0 Å². The van der Waals surface area contributed by atoms with E-state index in [1.54, 1.807) is 0 Å². The van der Waals surface area contributed by atoms with Gasteiger partial charge < -0.3 is 5.73 Å². The van der Waals surface area contributed by atoms with Crippen molar-refractivity contribution >= 4 is 5.78 Å². The van der Waals surface area contributed by atoms with Crippen molar-refractivity contribution in [3.63, 3.8) is 0 Å². The van der Waals surface area contributed by atoms with Crippen molar-refractivity contribution < 1.29 is 4.79 Å². The van der Waals surface area contributed by atoms with Crippen LogP contribution in [-0.4, -0.2) is 12.3 Å². The normalized spacial score (nSPS) is 17.9. The average molecular weight is 126 g/mol. The van der Waals surface area contributed by atoms with Crippen molar-refractivity contribution in [3.8, 4) is 0 Å². The lowest BCUT2D eigenvalue weighted by molar-refractivity contribution is -0.117. The second kappa shape index (κ2) is 2.97. The lowest BCUT2D eigenvalue weighted by Crippen LogP contribution is -2.13. The summed E-state index contributed by atoms with van der Waals surface area (Å²) < 4.78 is 0. The molecule has 0 amide bonds. The minimum Gasteiger partial charge on any atom is -0.324 e. The predicted molar refractivity (Wildman–Crippen MR) is 35.7 cm³/mol. The molecule has 1 radical (unpaired) electrons. The quantitative estimate of drug-likeness (QED) is 0.596. The SMILES string of the molecule is NCC(=O)C[CH]C1CC1. The van der Waals surface area contributed by atoms with Crippen molar-refractivity contribution in [2.24, 2.45) is 11.7 Å². The summed E-state index contributed by atoms with van der Waals surface area (Å²) in [5.41, 5.74) is 5.11. The first-order chi connectivity index (χ1) is 4.33. The molecule has 1 aliphatic carbocycles. The lowest BCUT2D eigenvalue weighted by Gasteiger charge is -1.92. The molecule has 0 spiro atoms. The van der Waals surface area contributed by atoms with Crippen molar-refractivity contribution in [2.45, 2.75) is 19.3 Å². The zero-order valence-corrected chi connectivity index (χ0v) is 5.47. The van der Waals surface area contributed by atoms with Gasteiger partial charge in [-0.25, -0.2) is 0 Å². The van der Waals surface area contributed by atoms with Crippen LogP contribution in [0, 0.1) is 12.3 Å². The van der Waals surface area contributed by atoms with Crippen LogP contribution in [0.15, 0.2) is 0 Å². The van der Waals surface area contributed by atoms with Gasteiger partial charge in [-0.2, -0.15) is 0 Å². The molecule has 0 bridgehead atoms. The topological polar surface area (TPSA) is 43.1 Å². The van der Waals surface area contributed by atoms with E-state index in [4.69, 9.17) is 5.73 Å². The summed E-state index contributed by atoms with van der Waals surface area (Å²) in [7, 11) is 0. The predicted octanol–water partition coefficient (Wildman–Crippen LogP) is 0.519. The van der Waals surface area contributed by atoms with Gasteiger partial charge in [-0.3, -0.25) is 4.79 Å². The number of rotatable bonds is 4. The Morgan fingerprint density at radius 3 is 2.78 bits per heavy atom. The Labute approximate surface area is 55.4 Å². The van der Waals surface area contributed by atoms with Crippen molar-refractivity contribution in [1.29, 1.82) is 0 Å². The number of carbonyl (C=O) groups is 1. The van der Waals surface area contributed by atoms with E-state index < -0.39 is 0 Å². The van der Waals surface area contributed by atoms with E-state index in [1.165, 1.54) is 12.8 Å². The second-order valence-electron chi connectivity index (χ2n) is 2.52. The minimum atomic E-state index is 0.155. The van der Waals surface area contributed by atoms with E-state index in [0.717, 1.165) is 5.92 Å². The fraction of sp³-hybridized carbons (Fsp3) is 0.714. The summed E-state index contributed by atoms with van der Waals surface area (Å²) in [6, 6.07) is 0. The molecule has 9 heavy (non-hydrogen) atoms. The van der Waals surface area contributed by atoms with Crippen molar-refractivity contribution in [2.75, 3.05) is 6.54 Å². The lowest BCUT2D eigenvalue weighted by atomic mass is 10.1. The third kappa shape index (κ3) is 2.61. The highest BCUT2D eigenvalue weighted by molar-refractivity contribution is 5.81. The van der Waals surface area contributed by atoms with E-state index in [-0.39, 0.29) is 12.3 Å². The van der Waals surface area contributed by atoms with Crippen LogP contribution in [-0.2, 0) is 4.79 Å². The minimum absolute atomic E-state index is 0.155. The van der Waals surface area contributed by atoms with Gasteiger partial charge >= 0.3 is 0 Å². The Morgan fingerprint density at radius 1 is 1.67 bits per heavy atom. The number of Topliss-reactive ketones (excluding diaryl/α,β-unsaturated/α-hetero) is 1. The van der Waals surface area contributed by atoms with Gasteiger partial charge in [-0.05, 0) is 25.2 Å². The molecule has 1 saturated carbocycles. The Morgan fingerprint density at radius 2 is 2.33 bits per heavy atom. The van der Waals surface area contributed by atoms with E-state index in [2.05, 4.69) is 6.42 Å². The van der Waals surface area contributed by atoms with E-state index in [0.29, 0.717) is 6.42 Å². The monoisotopic (exact) mass is 126 g/mol. The molecule has 0 aliphatic heterocycles. The molecule has 0 saturated heterocycles. The fourth-order valence-corrected chi connectivity index (χ4v) is 0.713. The molecule has 1 fully saturated rings. The second-order valence-corrected chi connectivity index (χ2v) is 2.52. The van der Waals surface area contributed by atoms with Crippen LogP contribution in [0.1, 0.15) is 19.3 Å². The maximum absolute atomic E-state index is 10.6. The summed E-state index contributed by atoms with van der Waals surface area (Å²) in [4.78, 5) is 10.6. The van der Waals surface area contributed by atoms with E-state index >= 15 is 0 Å². The summed E-state index contributed by atoms with van der Waals surface area (Å²) in [6.45, 7) is 0.198. The molecule has 2 nitrogen and oxygen atoms in total. The third-order valence-electron chi connectivity index (χ3n) is 1.53. The summed E-state index contributed by atoms with van der Waals surface area (Å²) in [6.07, 6.45) is 5.21. The van der Waals surface area contributed by atoms with E-state index in [1.807, 2.05) is 0 Å². The molecule has 0 heterocycles. The highest BCUT2D eigenvalue weighted by atomic mass is 16.1. The van der Waals surface area contributed by atoms with Gasteiger partial charge in [0.05, 0.1) is 6.54 Å². The maximum Gasteiger partial charge on any atom is 0.146 e. The van der Waals surface area contributed by atoms with Crippen LogP contribution < -0.4 is 5.73 Å². The van der Waals surface area contributed by atoms with Crippen molar-refractivity contribution in [3.05, 3.63) is 6.42 Å². The first-order valence-corrected chi connectivity index (χ1v) is 3.38. The zero-order chi connectivity index (χ0) is 6.69. The van der Waals surface area contributed by atoms with Crippen LogP contribution in [0.3, 0.4) is 0 Å². The molecule has 1 aliphatic rings. The van der Waals surface area contributed by atoms with Crippen LogP contribution >= 0.6 is 0 Å². The highest BCUT2D eigenvalue weighted by Crippen LogP contribution is 2.32.